The highest BCUT2D eigenvalue weighted by Crippen LogP contribution is 2.28. The average Bonchev–Trinajstić information content (AvgIpc) is 2.55. The normalized spacial score (nSPS) is 23.2. The Hall–Kier alpha value is -1.59. The van der Waals surface area contributed by atoms with Gasteiger partial charge in [-0.2, -0.15) is 0 Å². The first-order chi connectivity index (χ1) is 8.00. The van der Waals surface area contributed by atoms with Crippen LogP contribution in [0.1, 0.15) is 26.2 Å². The van der Waals surface area contributed by atoms with Gasteiger partial charge < -0.3 is 10.2 Å². The van der Waals surface area contributed by atoms with Crippen LogP contribution in [0.2, 0.25) is 0 Å². The summed E-state index contributed by atoms with van der Waals surface area (Å²) < 4.78 is 0. The third-order valence-electron chi connectivity index (χ3n) is 3.64. The van der Waals surface area contributed by atoms with Gasteiger partial charge in [0.1, 0.15) is 5.54 Å². The first-order valence-electron chi connectivity index (χ1n) is 5.88. The van der Waals surface area contributed by atoms with Gasteiger partial charge in [-0.05, 0) is 12.8 Å². The number of likely N-dealkylation sites (N-methyl/N-ethyl adjacent to an activating group) is 1. The number of hydrogen-bond donors (Lipinski definition) is 1. The number of nitrogens with one attached hydrogen (secondary N) is 1. The van der Waals surface area contributed by atoms with Crippen LogP contribution in [0.15, 0.2) is 0 Å². The first-order valence-corrected chi connectivity index (χ1v) is 5.88. The molecule has 1 N–H and O–H groups in total. The molecule has 2 fully saturated rings. The number of hydrogen-bond acceptors (Lipinski definition) is 3. The molecule has 4 amide bonds. The van der Waals surface area contributed by atoms with Crippen molar-refractivity contribution < 1.29 is 14.4 Å². The number of likely N-dealkylation sites (tertiary alicyclic amines) is 1. The fourth-order valence-electron chi connectivity index (χ4n) is 2.46. The van der Waals surface area contributed by atoms with Gasteiger partial charge in [0.25, 0.3) is 5.91 Å². The predicted molar refractivity (Wildman–Crippen MR) is 60.1 cm³/mol. The van der Waals surface area contributed by atoms with Gasteiger partial charge in [-0.15, -0.1) is 0 Å². The van der Waals surface area contributed by atoms with Gasteiger partial charge in [0, 0.05) is 26.6 Å². The molecular weight excluding hydrogens is 222 g/mol. The number of nitrogens with zero attached hydrogens (tertiary/aromatic N) is 2. The van der Waals surface area contributed by atoms with E-state index >= 15 is 0 Å². The summed E-state index contributed by atoms with van der Waals surface area (Å²) in [6.45, 7) is 2.89. The summed E-state index contributed by atoms with van der Waals surface area (Å²) in [5, 5.41) is 2.75. The topological polar surface area (TPSA) is 69.7 Å². The highest BCUT2D eigenvalue weighted by molar-refractivity contribution is 6.06. The summed E-state index contributed by atoms with van der Waals surface area (Å²) in [7, 11) is 1.48. The molecule has 2 rings (SSSR count). The summed E-state index contributed by atoms with van der Waals surface area (Å²) in [6.07, 6.45) is 1.49. The second-order valence-corrected chi connectivity index (χ2v) is 4.61. The van der Waals surface area contributed by atoms with Gasteiger partial charge in [-0.1, -0.05) is 6.92 Å². The molecule has 2 aliphatic heterocycles. The molecule has 0 bridgehead atoms. The van der Waals surface area contributed by atoms with E-state index in [1.807, 2.05) is 6.92 Å². The van der Waals surface area contributed by atoms with Crippen LogP contribution in [-0.2, 0) is 9.59 Å². The number of imide groups is 1. The maximum Gasteiger partial charge on any atom is 0.324 e. The van der Waals surface area contributed by atoms with Crippen LogP contribution in [0.25, 0.3) is 0 Å². The smallest absolute Gasteiger partial charge is 0.324 e. The van der Waals surface area contributed by atoms with Crippen molar-refractivity contribution in [2.24, 2.45) is 0 Å². The van der Waals surface area contributed by atoms with Gasteiger partial charge in [0.05, 0.1) is 0 Å². The van der Waals surface area contributed by atoms with Crippen molar-refractivity contribution in [3.8, 4) is 0 Å². The Balaban J connectivity index is 2.06. The van der Waals surface area contributed by atoms with E-state index in [9.17, 15) is 14.4 Å². The zero-order chi connectivity index (χ0) is 12.6. The number of piperidine rings is 1. The molecule has 0 saturated carbocycles. The van der Waals surface area contributed by atoms with Crippen molar-refractivity contribution in [2.75, 3.05) is 20.1 Å². The van der Waals surface area contributed by atoms with E-state index in [-0.39, 0.29) is 17.8 Å². The molecule has 0 atom stereocenters. The van der Waals surface area contributed by atoms with Crippen molar-refractivity contribution in [3.05, 3.63) is 0 Å². The van der Waals surface area contributed by atoms with Crippen LogP contribution < -0.4 is 5.32 Å². The SMILES string of the molecule is CCC(=O)N1CCC2(CC1)NC(=O)N(C)C2=O. The zero-order valence-electron chi connectivity index (χ0n) is 10.2. The molecule has 17 heavy (non-hydrogen) atoms. The van der Waals surface area contributed by atoms with Crippen LogP contribution in [0.4, 0.5) is 4.79 Å². The largest absolute Gasteiger partial charge is 0.343 e. The van der Waals surface area contributed by atoms with E-state index in [0.717, 1.165) is 4.90 Å². The van der Waals surface area contributed by atoms with Gasteiger partial charge in [-0.3, -0.25) is 14.5 Å². The second kappa shape index (κ2) is 4.01. The van der Waals surface area contributed by atoms with Crippen LogP contribution >= 0.6 is 0 Å². The van der Waals surface area contributed by atoms with Crippen molar-refractivity contribution in [1.82, 2.24) is 15.1 Å². The Bertz CT molecular complexity index is 372. The van der Waals surface area contributed by atoms with Crippen LogP contribution in [0, 0.1) is 0 Å². The molecule has 1 spiro atoms. The summed E-state index contributed by atoms with van der Waals surface area (Å²) >= 11 is 0. The Morgan fingerprint density at radius 1 is 1.35 bits per heavy atom. The van der Waals surface area contributed by atoms with E-state index < -0.39 is 5.54 Å². The van der Waals surface area contributed by atoms with E-state index in [1.54, 1.807) is 4.90 Å². The third kappa shape index (κ3) is 1.77. The molecule has 94 valence electrons. The number of amides is 4. The monoisotopic (exact) mass is 239 g/mol. The summed E-state index contributed by atoms with van der Waals surface area (Å²) in [5.41, 5.74) is -0.768. The number of carbonyl (C=O) groups is 3. The molecule has 2 saturated heterocycles. The molecular formula is C11H17N3O3. The second-order valence-electron chi connectivity index (χ2n) is 4.61. The fourth-order valence-corrected chi connectivity index (χ4v) is 2.46. The Morgan fingerprint density at radius 3 is 2.35 bits per heavy atom. The quantitative estimate of drug-likeness (QED) is 0.652. The van der Waals surface area contributed by atoms with Gasteiger partial charge in [0.2, 0.25) is 5.91 Å². The molecule has 0 unspecified atom stereocenters. The summed E-state index contributed by atoms with van der Waals surface area (Å²) in [5.74, 6) is -0.0731. The Morgan fingerprint density at radius 2 is 1.94 bits per heavy atom. The molecule has 2 aliphatic rings. The van der Waals surface area contributed by atoms with E-state index in [4.69, 9.17) is 0 Å². The Labute approximate surface area is 99.9 Å². The average molecular weight is 239 g/mol. The molecule has 0 aromatic rings. The number of carbonyl (C=O) groups excluding carboxylic acids is 3. The zero-order valence-corrected chi connectivity index (χ0v) is 10.2. The third-order valence-corrected chi connectivity index (χ3v) is 3.64. The fraction of sp³-hybridized carbons (Fsp3) is 0.727. The maximum absolute atomic E-state index is 12.0. The lowest BCUT2D eigenvalue weighted by Gasteiger charge is -2.37. The van der Waals surface area contributed by atoms with Gasteiger partial charge in [-0.25, -0.2) is 4.79 Å². The summed E-state index contributed by atoms with van der Waals surface area (Å²) in [6, 6.07) is -0.342. The minimum Gasteiger partial charge on any atom is -0.343 e. The van der Waals surface area contributed by atoms with Crippen LogP contribution in [0.5, 0.6) is 0 Å². The molecule has 0 aliphatic carbocycles. The Kier molecular flexibility index (Phi) is 2.81. The molecule has 0 aromatic carbocycles. The number of rotatable bonds is 1. The molecule has 0 aromatic heterocycles. The van der Waals surface area contributed by atoms with Crippen LogP contribution in [0.3, 0.4) is 0 Å². The molecule has 2 heterocycles. The van der Waals surface area contributed by atoms with Crippen molar-refractivity contribution in [1.29, 1.82) is 0 Å². The highest BCUT2D eigenvalue weighted by Gasteiger charge is 2.51. The lowest BCUT2D eigenvalue weighted by molar-refractivity contribution is -0.137. The van der Waals surface area contributed by atoms with Crippen molar-refractivity contribution in [2.45, 2.75) is 31.7 Å². The van der Waals surface area contributed by atoms with Crippen molar-refractivity contribution in [3.63, 3.8) is 0 Å². The van der Waals surface area contributed by atoms with Crippen molar-refractivity contribution >= 4 is 17.8 Å². The highest BCUT2D eigenvalue weighted by atomic mass is 16.2. The summed E-state index contributed by atoms with van der Waals surface area (Å²) in [4.78, 5) is 37.8. The minimum atomic E-state index is -0.768. The number of urea groups is 1. The lowest BCUT2D eigenvalue weighted by Crippen LogP contribution is -2.55. The molecule has 6 heteroatoms. The molecule has 6 nitrogen and oxygen atoms in total. The van der Waals surface area contributed by atoms with Gasteiger partial charge in [0.15, 0.2) is 0 Å². The van der Waals surface area contributed by atoms with E-state index in [1.165, 1.54) is 7.05 Å². The van der Waals surface area contributed by atoms with E-state index in [2.05, 4.69) is 5.32 Å². The van der Waals surface area contributed by atoms with Crippen LogP contribution in [-0.4, -0.2) is 53.3 Å². The lowest BCUT2D eigenvalue weighted by atomic mass is 9.87. The first kappa shape index (κ1) is 11.9. The van der Waals surface area contributed by atoms with Gasteiger partial charge >= 0.3 is 6.03 Å². The maximum atomic E-state index is 12.0. The molecule has 0 radical (unpaired) electrons. The standard InChI is InChI=1S/C11H17N3O3/c1-3-8(15)14-6-4-11(5-7-14)9(16)13(2)10(17)12-11/h3-7H2,1-2H3,(H,12,17). The minimum absolute atomic E-state index is 0.102. The van der Waals surface area contributed by atoms with E-state index in [0.29, 0.717) is 32.4 Å². The predicted octanol–water partition coefficient (Wildman–Crippen LogP) is -0.0608.